The molecule has 9 N–H and O–H groups in total. The van der Waals surface area contributed by atoms with E-state index in [0.717, 1.165) is 0 Å². The number of hydrogen-bond donors (Lipinski definition) is 8. The normalized spacial score (nSPS) is 14.5. The molecule has 228 valence electrons. The highest BCUT2D eigenvalue weighted by Crippen LogP contribution is 2.14. The number of carboxylic acids is 2. The summed E-state index contributed by atoms with van der Waals surface area (Å²) in [7, 11) is 0. The van der Waals surface area contributed by atoms with E-state index in [1.807, 2.05) is 0 Å². The molecule has 13 heteroatoms. The molecule has 2 aromatic carbocycles. The summed E-state index contributed by atoms with van der Waals surface area (Å²) in [5.41, 5.74) is 7.25. The number of rotatable bonds is 16. The zero-order valence-electron chi connectivity index (χ0n) is 23.4. The van der Waals surface area contributed by atoms with Crippen molar-refractivity contribution in [2.75, 3.05) is 0 Å². The van der Waals surface area contributed by atoms with Crippen molar-refractivity contribution in [3.05, 3.63) is 59.7 Å². The summed E-state index contributed by atoms with van der Waals surface area (Å²) in [6, 6.07) is 6.88. The van der Waals surface area contributed by atoms with Crippen molar-refractivity contribution in [2.45, 2.75) is 70.1 Å². The third-order valence-electron chi connectivity index (χ3n) is 6.79. The highest BCUT2D eigenvalue weighted by Gasteiger charge is 2.32. The highest BCUT2D eigenvalue weighted by atomic mass is 16.4. The molecule has 42 heavy (non-hydrogen) atoms. The van der Waals surface area contributed by atoms with Crippen LogP contribution in [0.3, 0.4) is 0 Å². The van der Waals surface area contributed by atoms with Crippen LogP contribution in [0.2, 0.25) is 0 Å². The number of carbonyl (C=O) groups excluding carboxylic acids is 3. The number of carbonyl (C=O) groups is 5. The Kier molecular flexibility index (Phi) is 12.8. The summed E-state index contributed by atoms with van der Waals surface area (Å²) in [4.78, 5) is 62.5. The van der Waals surface area contributed by atoms with Gasteiger partial charge in [0.25, 0.3) is 0 Å². The molecule has 0 radical (unpaired) electrons. The van der Waals surface area contributed by atoms with Crippen molar-refractivity contribution in [2.24, 2.45) is 11.7 Å². The van der Waals surface area contributed by atoms with Crippen molar-refractivity contribution in [1.29, 1.82) is 0 Å². The number of nitrogens with two attached hydrogens (primary N) is 1. The minimum atomic E-state index is -1.41. The molecule has 0 saturated carbocycles. The van der Waals surface area contributed by atoms with Crippen molar-refractivity contribution in [1.82, 2.24) is 16.0 Å². The maximum atomic E-state index is 13.3. The van der Waals surface area contributed by atoms with Gasteiger partial charge < -0.3 is 42.1 Å². The van der Waals surface area contributed by atoms with Crippen molar-refractivity contribution in [3.63, 3.8) is 0 Å². The molecule has 0 spiro atoms. The Hall–Kier alpha value is -4.65. The topological polar surface area (TPSA) is 228 Å². The number of phenolic OH excluding ortho intramolecular Hbond substituents is 2. The largest absolute Gasteiger partial charge is 0.508 e. The molecule has 0 aromatic heterocycles. The van der Waals surface area contributed by atoms with Gasteiger partial charge in [-0.15, -0.1) is 0 Å². The lowest BCUT2D eigenvalue weighted by molar-refractivity contribution is -0.143. The third kappa shape index (κ3) is 10.7. The van der Waals surface area contributed by atoms with E-state index in [-0.39, 0.29) is 30.8 Å². The maximum Gasteiger partial charge on any atom is 0.326 e. The number of phenols is 2. The van der Waals surface area contributed by atoms with Crippen LogP contribution in [0, 0.1) is 5.92 Å². The van der Waals surface area contributed by atoms with E-state index < -0.39 is 66.2 Å². The minimum Gasteiger partial charge on any atom is -0.508 e. The van der Waals surface area contributed by atoms with Gasteiger partial charge in [0.05, 0.1) is 6.04 Å². The molecule has 0 bridgehead atoms. The van der Waals surface area contributed by atoms with E-state index in [1.54, 1.807) is 26.0 Å². The van der Waals surface area contributed by atoms with Crippen molar-refractivity contribution >= 4 is 29.7 Å². The Bertz CT molecular complexity index is 1230. The Morgan fingerprint density at radius 3 is 1.71 bits per heavy atom. The third-order valence-corrected chi connectivity index (χ3v) is 6.79. The Morgan fingerprint density at radius 2 is 1.24 bits per heavy atom. The van der Waals surface area contributed by atoms with Gasteiger partial charge in [-0.05, 0) is 54.2 Å². The number of hydrogen-bond acceptors (Lipinski definition) is 8. The van der Waals surface area contributed by atoms with Crippen LogP contribution in [0.5, 0.6) is 11.5 Å². The lowest BCUT2D eigenvalue weighted by Gasteiger charge is -2.28. The van der Waals surface area contributed by atoms with Crippen molar-refractivity contribution in [3.8, 4) is 11.5 Å². The van der Waals surface area contributed by atoms with E-state index in [1.165, 1.54) is 36.4 Å². The van der Waals surface area contributed by atoms with Gasteiger partial charge in [-0.25, -0.2) is 4.79 Å². The predicted octanol–water partition coefficient (Wildman–Crippen LogP) is 0.660. The first kappa shape index (κ1) is 33.6. The molecule has 0 aliphatic heterocycles. The van der Waals surface area contributed by atoms with Gasteiger partial charge in [-0.2, -0.15) is 0 Å². The van der Waals surface area contributed by atoms with E-state index >= 15 is 0 Å². The zero-order valence-corrected chi connectivity index (χ0v) is 23.4. The molecule has 0 aliphatic carbocycles. The van der Waals surface area contributed by atoms with Crippen LogP contribution in [0.15, 0.2) is 48.5 Å². The highest BCUT2D eigenvalue weighted by molar-refractivity contribution is 5.94. The lowest BCUT2D eigenvalue weighted by atomic mass is 9.96. The summed E-state index contributed by atoms with van der Waals surface area (Å²) < 4.78 is 0. The molecule has 0 fully saturated rings. The van der Waals surface area contributed by atoms with Crippen LogP contribution < -0.4 is 21.7 Å². The van der Waals surface area contributed by atoms with E-state index in [0.29, 0.717) is 17.5 Å². The number of aromatic hydroxyl groups is 2. The smallest absolute Gasteiger partial charge is 0.326 e. The first-order valence-electron chi connectivity index (χ1n) is 13.5. The summed E-state index contributed by atoms with van der Waals surface area (Å²) in [5.74, 6) is -5.24. The molecular formula is C29H38N4O9. The van der Waals surface area contributed by atoms with Gasteiger partial charge in [0, 0.05) is 12.8 Å². The number of aliphatic carboxylic acids is 2. The molecule has 0 saturated heterocycles. The van der Waals surface area contributed by atoms with Gasteiger partial charge in [0.1, 0.15) is 29.6 Å². The summed E-state index contributed by atoms with van der Waals surface area (Å²) in [6.07, 6.45) is -0.370. The number of nitrogens with one attached hydrogen (secondary N) is 3. The molecule has 3 amide bonds. The second-order valence-corrected chi connectivity index (χ2v) is 10.1. The Balaban J connectivity index is 2.17. The SMILES string of the molecule is CCC(C)C(NC(=O)C(N)Cc1ccc(O)cc1)C(=O)NC(CCC(=O)O)C(=O)NC(Cc1ccc(O)cc1)C(=O)O. The van der Waals surface area contributed by atoms with Crippen LogP contribution in [0.1, 0.15) is 44.2 Å². The number of amides is 3. The molecule has 0 aliphatic rings. The van der Waals surface area contributed by atoms with Crippen LogP contribution in [-0.2, 0) is 36.8 Å². The van der Waals surface area contributed by atoms with E-state index in [2.05, 4.69) is 16.0 Å². The average Bonchev–Trinajstić information content (AvgIpc) is 2.94. The zero-order chi connectivity index (χ0) is 31.4. The van der Waals surface area contributed by atoms with Crippen LogP contribution in [0.25, 0.3) is 0 Å². The fourth-order valence-electron chi connectivity index (χ4n) is 4.08. The van der Waals surface area contributed by atoms with E-state index in [9.17, 15) is 44.4 Å². The van der Waals surface area contributed by atoms with Crippen LogP contribution in [0.4, 0.5) is 0 Å². The monoisotopic (exact) mass is 586 g/mol. The summed E-state index contributed by atoms with van der Waals surface area (Å²) in [6.45, 7) is 3.50. The summed E-state index contributed by atoms with van der Waals surface area (Å²) in [5, 5.41) is 45.2. The molecule has 2 aromatic rings. The minimum absolute atomic E-state index is 0.0182. The fraction of sp³-hybridized carbons (Fsp3) is 0.414. The first-order chi connectivity index (χ1) is 19.8. The standard InChI is InChI=1S/C29H38N4O9/c1-3-16(2)25(33-26(38)21(30)14-17-4-8-19(34)9-5-17)28(40)31-22(12-13-24(36)37)27(39)32-23(29(41)42)15-18-6-10-20(35)11-7-18/h4-11,16,21-23,25,34-35H,3,12-15,30H2,1-2H3,(H,31,40)(H,32,39)(H,33,38)(H,36,37)(H,41,42). The maximum absolute atomic E-state index is 13.3. The average molecular weight is 587 g/mol. The van der Waals surface area contributed by atoms with Gasteiger partial charge >= 0.3 is 11.9 Å². The predicted molar refractivity (Wildman–Crippen MR) is 151 cm³/mol. The first-order valence-corrected chi connectivity index (χ1v) is 13.5. The molecule has 13 nitrogen and oxygen atoms in total. The number of carboxylic acid groups (broad SMARTS) is 2. The molecule has 2 rings (SSSR count). The molecule has 5 atom stereocenters. The van der Waals surface area contributed by atoms with Gasteiger partial charge in [-0.3, -0.25) is 19.2 Å². The van der Waals surface area contributed by atoms with Gasteiger partial charge in [0.2, 0.25) is 17.7 Å². The molecular weight excluding hydrogens is 548 g/mol. The number of benzene rings is 2. The lowest BCUT2D eigenvalue weighted by Crippen LogP contribution is -2.59. The quantitative estimate of drug-likeness (QED) is 0.137. The summed E-state index contributed by atoms with van der Waals surface area (Å²) >= 11 is 0. The van der Waals surface area contributed by atoms with Gasteiger partial charge in [0.15, 0.2) is 0 Å². The second-order valence-electron chi connectivity index (χ2n) is 10.1. The van der Waals surface area contributed by atoms with E-state index in [4.69, 9.17) is 5.73 Å². The van der Waals surface area contributed by atoms with Gasteiger partial charge in [-0.1, -0.05) is 44.5 Å². The van der Waals surface area contributed by atoms with Crippen LogP contribution in [-0.4, -0.2) is 74.3 Å². The fourth-order valence-corrected chi connectivity index (χ4v) is 4.08. The Morgan fingerprint density at radius 1 is 0.738 bits per heavy atom. The Labute approximate surface area is 243 Å². The molecule has 5 unspecified atom stereocenters. The van der Waals surface area contributed by atoms with Crippen molar-refractivity contribution < 1.29 is 44.4 Å². The molecule has 0 heterocycles. The van der Waals surface area contributed by atoms with Crippen LogP contribution >= 0.6 is 0 Å². The second kappa shape index (κ2) is 16.0.